The molecule has 156 valence electrons. The van der Waals surface area contributed by atoms with Crippen LogP contribution in [0.2, 0.25) is 0 Å². The van der Waals surface area contributed by atoms with Crippen LogP contribution in [-0.2, 0) is 24.1 Å². The molecule has 0 saturated heterocycles. The van der Waals surface area contributed by atoms with E-state index < -0.39 is 22.5 Å². The normalized spacial score (nSPS) is 12.9. The third-order valence-corrected chi connectivity index (χ3v) is 4.57. The van der Waals surface area contributed by atoms with Gasteiger partial charge in [0.1, 0.15) is 0 Å². The Bertz CT molecular complexity index is 441. The van der Waals surface area contributed by atoms with Crippen molar-refractivity contribution in [2.75, 3.05) is 13.3 Å². The molecule has 0 aliphatic heterocycles. The maximum Gasteiger partial charge on any atom is 0.398 e. The summed E-state index contributed by atoms with van der Waals surface area (Å²) in [6.45, 7) is 1.91. The number of esters is 1. The number of unbranched alkanes of at least 4 members (excludes halogenated alkanes) is 10. The van der Waals surface area contributed by atoms with Gasteiger partial charge in [-0.25, -0.2) is 8.98 Å². The fourth-order valence-electron chi connectivity index (χ4n) is 2.62. The number of hydrogen-bond donors (Lipinski definition) is 1. The summed E-state index contributed by atoms with van der Waals surface area (Å²) in [6.07, 6.45) is 10.4. The molecule has 0 bridgehead atoms. The van der Waals surface area contributed by atoms with Gasteiger partial charge in [-0.2, -0.15) is 8.42 Å². The van der Waals surface area contributed by atoms with E-state index in [1.54, 1.807) is 0 Å². The summed E-state index contributed by atoms with van der Waals surface area (Å²) in [6, 6.07) is 0. The van der Waals surface area contributed by atoms with Crippen LogP contribution in [0.3, 0.4) is 0 Å². The second-order valence-electron chi connectivity index (χ2n) is 6.55. The molecule has 0 heterocycles. The zero-order valence-corrected chi connectivity index (χ0v) is 16.8. The predicted molar refractivity (Wildman–Crippen MR) is 99.1 cm³/mol. The Balaban J connectivity index is 3.69. The molecule has 6 nitrogen and oxygen atoms in total. The van der Waals surface area contributed by atoms with E-state index in [9.17, 15) is 17.6 Å². The summed E-state index contributed by atoms with van der Waals surface area (Å²) in [5.74, 6) is -0.746. The van der Waals surface area contributed by atoms with Crippen LogP contribution in [-0.4, -0.2) is 38.3 Å². The van der Waals surface area contributed by atoms with Gasteiger partial charge < -0.3 is 4.74 Å². The topological polar surface area (TPSA) is 89.9 Å². The molecule has 1 N–H and O–H groups in total. The molecule has 26 heavy (non-hydrogen) atoms. The van der Waals surface area contributed by atoms with Crippen LogP contribution in [0.5, 0.6) is 0 Å². The van der Waals surface area contributed by atoms with Crippen molar-refractivity contribution < 1.29 is 31.1 Å². The molecule has 0 aromatic heterocycles. The Labute approximate surface area is 157 Å². The van der Waals surface area contributed by atoms with E-state index in [2.05, 4.69) is 4.18 Å². The Morgan fingerprint density at radius 1 is 0.923 bits per heavy atom. The molecular weight excluding hydrogens is 363 g/mol. The van der Waals surface area contributed by atoms with Gasteiger partial charge in [0.15, 0.2) is 6.10 Å². The maximum atomic E-state index is 11.9. The van der Waals surface area contributed by atoms with Gasteiger partial charge in [-0.05, 0) is 19.3 Å². The zero-order valence-electron chi connectivity index (χ0n) is 16.0. The molecule has 0 aliphatic rings. The molecule has 0 fully saturated rings. The molecular formula is C18H35FO6S. The van der Waals surface area contributed by atoms with Crippen molar-refractivity contribution in [1.82, 2.24) is 0 Å². The smallest absolute Gasteiger partial charge is 0.398 e. The number of halogens is 1. The Kier molecular flexibility index (Phi) is 16.0. The predicted octanol–water partition coefficient (Wildman–Crippen LogP) is 4.78. The summed E-state index contributed by atoms with van der Waals surface area (Å²) >= 11 is 0. The number of ether oxygens (including phenoxy) is 1. The SMILES string of the molecule is CCCCC(OS(=O)(=O)O)C(=O)OCCCCCCCCCCCCF. The van der Waals surface area contributed by atoms with E-state index in [1.807, 2.05) is 6.92 Å². The summed E-state index contributed by atoms with van der Waals surface area (Å²) < 4.78 is 51.7. The zero-order chi connectivity index (χ0) is 19.7. The molecule has 0 rings (SSSR count). The van der Waals surface area contributed by atoms with Crippen molar-refractivity contribution >= 4 is 16.4 Å². The Morgan fingerprint density at radius 2 is 1.42 bits per heavy atom. The fraction of sp³-hybridized carbons (Fsp3) is 0.944. The first-order valence-electron chi connectivity index (χ1n) is 9.79. The summed E-state index contributed by atoms with van der Waals surface area (Å²) in [4.78, 5) is 11.9. The van der Waals surface area contributed by atoms with Crippen molar-refractivity contribution in [3.05, 3.63) is 0 Å². The van der Waals surface area contributed by atoms with Gasteiger partial charge in [-0.3, -0.25) is 8.94 Å². The monoisotopic (exact) mass is 398 g/mol. The van der Waals surface area contributed by atoms with Gasteiger partial charge in [0.2, 0.25) is 0 Å². The van der Waals surface area contributed by atoms with Crippen LogP contribution in [0.25, 0.3) is 0 Å². The largest absolute Gasteiger partial charge is 0.464 e. The van der Waals surface area contributed by atoms with E-state index in [-0.39, 0.29) is 19.7 Å². The van der Waals surface area contributed by atoms with Crippen LogP contribution in [0.1, 0.15) is 90.4 Å². The second-order valence-corrected chi connectivity index (χ2v) is 7.59. The molecule has 0 amide bonds. The lowest BCUT2D eigenvalue weighted by molar-refractivity contribution is -0.152. The van der Waals surface area contributed by atoms with E-state index >= 15 is 0 Å². The minimum absolute atomic E-state index is 0.195. The summed E-state index contributed by atoms with van der Waals surface area (Å²) in [7, 11) is -4.67. The standard InChI is InChI=1S/C18H35FO6S/c1-2-3-14-17(25-26(21,22)23)18(20)24-16-13-11-9-7-5-4-6-8-10-12-15-19/h17H,2-16H2,1H3,(H,21,22,23). The van der Waals surface area contributed by atoms with E-state index in [4.69, 9.17) is 9.29 Å². The van der Waals surface area contributed by atoms with E-state index in [0.717, 1.165) is 51.4 Å². The van der Waals surface area contributed by atoms with Gasteiger partial charge in [-0.15, -0.1) is 0 Å². The van der Waals surface area contributed by atoms with Crippen LogP contribution < -0.4 is 0 Å². The average molecular weight is 399 g/mol. The van der Waals surface area contributed by atoms with Gasteiger partial charge in [-0.1, -0.05) is 71.1 Å². The molecule has 0 aromatic carbocycles. The van der Waals surface area contributed by atoms with E-state index in [1.165, 1.54) is 6.42 Å². The first-order valence-corrected chi connectivity index (χ1v) is 11.2. The molecule has 8 heteroatoms. The third kappa shape index (κ3) is 16.7. The minimum atomic E-state index is -4.67. The second kappa shape index (κ2) is 16.4. The minimum Gasteiger partial charge on any atom is -0.464 e. The van der Waals surface area contributed by atoms with Gasteiger partial charge in [0.05, 0.1) is 13.3 Å². The lowest BCUT2D eigenvalue weighted by atomic mass is 10.1. The highest BCUT2D eigenvalue weighted by Gasteiger charge is 2.25. The number of carbonyl (C=O) groups excluding carboxylic acids is 1. The van der Waals surface area contributed by atoms with Crippen LogP contribution in [0.4, 0.5) is 4.39 Å². The van der Waals surface area contributed by atoms with Gasteiger partial charge in [0, 0.05) is 0 Å². The molecule has 0 saturated carbocycles. The number of carbonyl (C=O) groups is 1. The van der Waals surface area contributed by atoms with Gasteiger partial charge in [0.25, 0.3) is 0 Å². The van der Waals surface area contributed by atoms with Crippen molar-refractivity contribution in [2.45, 2.75) is 96.5 Å². The highest BCUT2D eigenvalue weighted by atomic mass is 32.3. The molecule has 0 spiro atoms. The Morgan fingerprint density at radius 3 is 1.88 bits per heavy atom. The molecule has 0 radical (unpaired) electrons. The number of rotatable bonds is 18. The Hall–Kier alpha value is -0.730. The van der Waals surface area contributed by atoms with Crippen molar-refractivity contribution in [3.8, 4) is 0 Å². The van der Waals surface area contributed by atoms with E-state index in [0.29, 0.717) is 19.3 Å². The molecule has 0 aromatic rings. The van der Waals surface area contributed by atoms with Gasteiger partial charge >= 0.3 is 16.4 Å². The van der Waals surface area contributed by atoms with Crippen LogP contribution >= 0.6 is 0 Å². The molecule has 1 atom stereocenters. The average Bonchev–Trinajstić information content (AvgIpc) is 2.58. The lowest BCUT2D eigenvalue weighted by Crippen LogP contribution is -2.29. The quantitative estimate of drug-likeness (QED) is 0.203. The van der Waals surface area contributed by atoms with Crippen molar-refractivity contribution in [2.24, 2.45) is 0 Å². The van der Waals surface area contributed by atoms with Crippen molar-refractivity contribution in [3.63, 3.8) is 0 Å². The lowest BCUT2D eigenvalue weighted by Gasteiger charge is -2.14. The molecule has 1 unspecified atom stereocenters. The first-order chi connectivity index (χ1) is 12.4. The number of alkyl halides is 1. The van der Waals surface area contributed by atoms with Crippen LogP contribution in [0, 0.1) is 0 Å². The highest BCUT2D eigenvalue weighted by Crippen LogP contribution is 2.12. The first kappa shape index (κ1) is 25.3. The fourth-order valence-corrected chi connectivity index (χ4v) is 3.09. The van der Waals surface area contributed by atoms with Crippen molar-refractivity contribution in [1.29, 1.82) is 0 Å². The third-order valence-electron chi connectivity index (χ3n) is 4.09. The summed E-state index contributed by atoms with van der Waals surface area (Å²) in [5.41, 5.74) is 0. The highest BCUT2D eigenvalue weighted by molar-refractivity contribution is 7.80. The molecule has 0 aliphatic carbocycles. The summed E-state index contributed by atoms with van der Waals surface area (Å²) in [5, 5.41) is 0. The van der Waals surface area contributed by atoms with Crippen LogP contribution in [0.15, 0.2) is 0 Å². The maximum absolute atomic E-state index is 11.9. The number of hydrogen-bond acceptors (Lipinski definition) is 5.